The SMILES string of the molecule is OCC1CCCC1NCC(O)COc1c(Cl)cccc1Cl. The third-order valence-corrected chi connectivity index (χ3v) is 4.44. The first-order valence-electron chi connectivity index (χ1n) is 7.21. The van der Waals surface area contributed by atoms with E-state index in [9.17, 15) is 10.2 Å². The molecule has 118 valence electrons. The number of aliphatic hydroxyl groups is 2. The van der Waals surface area contributed by atoms with E-state index in [1.165, 1.54) is 0 Å². The normalized spacial score (nSPS) is 23.2. The van der Waals surface area contributed by atoms with E-state index in [1.54, 1.807) is 18.2 Å². The third kappa shape index (κ3) is 4.73. The van der Waals surface area contributed by atoms with Gasteiger partial charge in [0.15, 0.2) is 5.75 Å². The van der Waals surface area contributed by atoms with Crippen LogP contribution in [0.15, 0.2) is 18.2 Å². The van der Waals surface area contributed by atoms with Crippen LogP contribution >= 0.6 is 23.2 Å². The Balaban J connectivity index is 1.76. The van der Waals surface area contributed by atoms with Crippen LogP contribution in [0.25, 0.3) is 0 Å². The van der Waals surface area contributed by atoms with E-state index in [0.29, 0.717) is 22.3 Å². The van der Waals surface area contributed by atoms with Crippen LogP contribution in [0.4, 0.5) is 0 Å². The first-order chi connectivity index (χ1) is 10.1. The largest absolute Gasteiger partial charge is 0.488 e. The van der Waals surface area contributed by atoms with Crippen molar-refractivity contribution in [2.45, 2.75) is 31.4 Å². The Bertz CT molecular complexity index is 438. The summed E-state index contributed by atoms with van der Waals surface area (Å²) in [5.41, 5.74) is 0. The van der Waals surface area contributed by atoms with Crippen LogP contribution in [0.2, 0.25) is 10.0 Å². The van der Waals surface area contributed by atoms with Crippen LogP contribution in [0.3, 0.4) is 0 Å². The van der Waals surface area contributed by atoms with Gasteiger partial charge in [0.2, 0.25) is 0 Å². The highest BCUT2D eigenvalue weighted by atomic mass is 35.5. The Morgan fingerprint density at radius 3 is 2.67 bits per heavy atom. The molecule has 1 aliphatic carbocycles. The molecule has 1 fully saturated rings. The summed E-state index contributed by atoms with van der Waals surface area (Å²) in [5, 5.41) is 23.4. The van der Waals surface area contributed by atoms with Gasteiger partial charge in [-0.3, -0.25) is 0 Å². The summed E-state index contributed by atoms with van der Waals surface area (Å²) in [7, 11) is 0. The highest BCUT2D eigenvalue weighted by Gasteiger charge is 2.26. The molecule has 3 N–H and O–H groups in total. The van der Waals surface area contributed by atoms with Crippen LogP contribution in [-0.4, -0.2) is 42.1 Å². The molecule has 1 aromatic rings. The van der Waals surface area contributed by atoms with E-state index in [-0.39, 0.29) is 25.2 Å². The Kier molecular flexibility index (Phi) is 6.58. The zero-order valence-corrected chi connectivity index (χ0v) is 13.3. The maximum Gasteiger partial charge on any atom is 0.156 e. The zero-order valence-electron chi connectivity index (χ0n) is 11.8. The molecular formula is C15H21Cl2NO3. The second-order valence-electron chi connectivity index (χ2n) is 5.40. The lowest BCUT2D eigenvalue weighted by molar-refractivity contribution is 0.0993. The number of aliphatic hydroxyl groups excluding tert-OH is 2. The molecule has 0 aromatic heterocycles. The van der Waals surface area contributed by atoms with Gasteiger partial charge in [0, 0.05) is 19.2 Å². The van der Waals surface area contributed by atoms with Crippen molar-refractivity contribution >= 4 is 23.2 Å². The van der Waals surface area contributed by atoms with Gasteiger partial charge in [-0.05, 0) is 30.9 Å². The number of rotatable bonds is 7. The van der Waals surface area contributed by atoms with E-state index in [0.717, 1.165) is 19.3 Å². The molecular weight excluding hydrogens is 313 g/mol. The average Bonchev–Trinajstić information content (AvgIpc) is 2.92. The Hall–Kier alpha value is -0.520. The van der Waals surface area contributed by atoms with E-state index in [4.69, 9.17) is 27.9 Å². The molecule has 0 spiro atoms. The minimum absolute atomic E-state index is 0.118. The lowest BCUT2D eigenvalue weighted by atomic mass is 10.1. The quantitative estimate of drug-likeness (QED) is 0.717. The van der Waals surface area contributed by atoms with Crippen LogP contribution in [0, 0.1) is 5.92 Å². The fraction of sp³-hybridized carbons (Fsp3) is 0.600. The molecule has 0 radical (unpaired) electrons. The van der Waals surface area contributed by atoms with E-state index >= 15 is 0 Å². The highest BCUT2D eigenvalue weighted by molar-refractivity contribution is 6.37. The van der Waals surface area contributed by atoms with Gasteiger partial charge in [0.25, 0.3) is 0 Å². The first kappa shape index (κ1) is 16.8. The molecule has 0 aliphatic heterocycles. The molecule has 0 bridgehead atoms. The van der Waals surface area contributed by atoms with Crippen molar-refractivity contribution in [1.82, 2.24) is 5.32 Å². The fourth-order valence-corrected chi connectivity index (χ4v) is 3.18. The van der Waals surface area contributed by atoms with Gasteiger partial charge in [-0.15, -0.1) is 0 Å². The summed E-state index contributed by atoms with van der Waals surface area (Å²) in [5.74, 6) is 0.685. The molecule has 0 amide bonds. The second kappa shape index (κ2) is 8.20. The third-order valence-electron chi connectivity index (χ3n) is 3.85. The molecule has 3 atom stereocenters. The summed E-state index contributed by atoms with van der Waals surface area (Å²) < 4.78 is 5.49. The number of benzene rings is 1. The zero-order chi connectivity index (χ0) is 15.2. The monoisotopic (exact) mass is 333 g/mol. The van der Waals surface area contributed by atoms with Gasteiger partial charge in [0.1, 0.15) is 12.7 Å². The summed E-state index contributed by atoms with van der Waals surface area (Å²) in [6.07, 6.45) is 2.54. The molecule has 0 heterocycles. The minimum Gasteiger partial charge on any atom is -0.488 e. The van der Waals surface area contributed by atoms with E-state index in [1.807, 2.05) is 0 Å². The van der Waals surface area contributed by atoms with Crippen LogP contribution < -0.4 is 10.1 Å². The summed E-state index contributed by atoms with van der Waals surface area (Å²) in [4.78, 5) is 0. The van der Waals surface area contributed by atoms with Gasteiger partial charge in [-0.2, -0.15) is 0 Å². The lowest BCUT2D eigenvalue weighted by Gasteiger charge is -2.21. The summed E-state index contributed by atoms with van der Waals surface area (Å²) in [6, 6.07) is 5.40. The lowest BCUT2D eigenvalue weighted by Crippen LogP contribution is -2.40. The molecule has 2 rings (SSSR count). The number of hydrogen-bond acceptors (Lipinski definition) is 4. The molecule has 4 nitrogen and oxygen atoms in total. The molecule has 1 aromatic carbocycles. The predicted octanol–water partition coefficient (Wildman–Crippen LogP) is 2.48. The predicted molar refractivity (Wildman–Crippen MR) is 84.2 cm³/mol. The van der Waals surface area contributed by atoms with Crippen molar-refractivity contribution in [3.63, 3.8) is 0 Å². The number of hydrogen-bond donors (Lipinski definition) is 3. The van der Waals surface area contributed by atoms with Crippen molar-refractivity contribution in [2.75, 3.05) is 19.8 Å². The molecule has 1 saturated carbocycles. The van der Waals surface area contributed by atoms with Crippen molar-refractivity contribution < 1.29 is 14.9 Å². The number of nitrogens with one attached hydrogen (secondary N) is 1. The van der Waals surface area contributed by atoms with Crippen molar-refractivity contribution in [2.24, 2.45) is 5.92 Å². The Labute approximate surface area is 135 Å². The molecule has 1 aliphatic rings. The average molecular weight is 334 g/mol. The Morgan fingerprint density at radius 2 is 2.00 bits per heavy atom. The van der Waals surface area contributed by atoms with Crippen molar-refractivity contribution in [1.29, 1.82) is 0 Å². The van der Waals surface area contributed by atoms with Gasteiger partial charge >= 0.3 is 0 Å². The Morgan fingerprint density at radius 1 is 1.29 bits per heavy atom. The molecule has 3 unspecified atom stereocenters. The highest BCUT2D eigenvalue weighted by Crippen LogP contribution is 2.32. The number of halogens is 2. The maximum absolute atomic E-state index is 9.98. The van der Waals surface area contributed by atoms with E-state index < -0.39 is 6.10 Å². The van der Waals surface area contributed by atoms with Crippen molar-refractivity contribution in [3.05, 3.63) is 28.2 Å². The van der Waals surface area contributed by atoms with Crippen LogP contribution in [0.1, 0.15) is 19.3 Å². The summed E-state index contributed by atoms with van der Waals surface area (Å²) in [6.45, 7) is 0.732. The molecule has 6 heteroatoms. The van der Waals surface area contributed by atoms with Gasteiger partial charge in [0.05, 0.1) is 10.0 Å². The second-order valence-corrected chi connectivity index (χ2v) is 6.22. The van der Waals surface area contributed by atoms with Crippen LogP contribution in [-0.2, 0) is 0 Å². The molecule has 0 saturated heterocycles. The maximum atomic E-state index is 9.98. The summed E-state index contributed by atoms with van der Waals surface area (Å²) >= 11 is 12.0. The fourth-order valence-electron chi connectivity index (χ4n) is 2.67. The van der Waals surface area contributed by atoms with E-state index in [2.05, 4.69) is 5.32 Å². The smallest absolute Gasteiger partial charge is 0.156 e. The number of ether oxygens (including phenoxy) is 1. The first-order valence-corrected chi connectivity index (χ1v) is 7.96. The topological polar surface area (TPSA) is 61.7 Å². The van der Waals surface area contributed by atoms with Crippen molar-refractivity contribution in [3.8, 4) is 5.75 Å². The number of para-hydroxylation sites is 1. The minimum atomic E-state index is -0.655. The molecule has 21 heavy (non-hydrogen) atoms. The van der Waals surface area contributed by atoms with Crippen LogP contribution in [0.5, 0.6) is 5.75 Å². The van der Waals surface area contributed by atoms with Gasteiger partial charge < -0.3 is 20.3 Å². The van der Waals surface area contributed by atoms with Gasteiger partial charge in [-0.25, -0.2) is 0 Å². The van der Waals surface area contributed by atoms with Gasteiger partial charge in [-0.1, -0.05) is 35.7 Å². The standard InChI is InChI=1S/C15H21Cl2NO3/c16-12-4-2-5-13(17)15(12)21-9-11(20)7-18-14-6-1-3-10(14)8-19/h2,4-5,10-11,14,18-20H,1,3,6-9H2.